The highest BCUT2D eigenvalue weighted by Crippen LogP contribution is 2.33. The number of hydrogen-bond acceptors (Lipinski definition) is 7. The van der Waals surface area contributed by atoms with Crippen molar-refractivity contribution in [1.29, 1.82) is 0 Å². The van der Waals surface area contributed by atoms with Crippen LogP contribution in [-0.2, 0) is 11.3 Å². The molecule has 0 radical (unpaired) electrons. The van der Waals surface area contributed by atoms with Gasteiger partial charge < -0.3 is 19.3 Å². The van der Waals surface area contributed by atoms with Crippen molar-refractivity contribution in [3.63, 3.8) is 0 Å². The maximum atomic E-state index is 12.9. The van der Waals surface area contributed by atoms with Crippen LogP contribution in [0.3, 0.4) is 0 Å². The summed E-state index contributed by atoms with van der Waals surface area (Å²) in [5.41, 5.74) is 1.64. The average molecular weight is 420 g/mol. The van der Waals surface area contributed by atoms with Crippen LogP contribution in [0, 0.1) is 5.92 Å². The summed E-state index contributed by atoms with van der Waals surface area (Å²) in [5.74, 6) is 2.44. The van der Waals surface area contributed by atoms with Crippen LogP contribution in [0.5, 0.6) is 11.5 Å². The third kappa shape index (κ3) is 4.54. The summed E-state index contributed by atoms with van der Waals surface area (Å²) >= 11 is 0. The first-order chi connectivity index (χ1) is 15.2. The molecule has 1 unspecified atom stereocenters. The van der Waals surface area contributed by atoms with Crippen molar-refractivity contribution in [1.82, 2.24) is 15.0 Å². The van der Waals surface area contributed by atoms with Crippen LogP contribution in [0.1, 0.15) is 18.7 Å². The zero-order valence-corrected chi connectivity index (χ0v) is 17.1. The van der Waals surface area contributed by atoms with Gasteiger partial charge in [-0.2, -0.15) is 4.98 Å². The Labute approximate surface area is 180 Å². The molecule has 8 nitrogen and oxygen atoms in total. The van der Waals surface area contributed by atoms with E-state index in [2.05, 4.69) is 20.4 Å². The maximum Gasteiger partial charge on any atom is 0.241 e. The van der Waals surface area contributed by atoms with Gasteiger partial charge in [0.25, 0.3) is 0 Å². The number of fused-ring (bicyclic) bond motifs is 1. The van der Waals surface area contributed by atoms with Gasteiger partial charge in [0, 0.05) is 23.9 Å². The predicted octanol–water partition coefficient (Wildman–Crippen LogP) is 3.36. The molecule has 8 heteroatoms. The molecule has 2 aromatic carbocycles. The van der Waals surface area contributed by atoms with Gasteiger partial charge in [-0.1, -0.05) is 35.5 Å². The fourth-order valence-corrected chi connectivity index (χ4v) is 3.99. The summed E-state index contributed by atoms with van der Waals surface area (Å²) in [4.78, 5) is 19.6. The Hall–Kier alpha value is -3.39. The summed E-state index contributed by atoms with van der Waals surface area (Å²) in [6.45, 7) is 3.15. The lowest BCUT2D eigenvalue weighted by Gasteiger charge is -2.31. The quantitative estimate of drug-likeness (QED) is 0.677. The minimum atomic E-state index is -0.0986. The Morgan fingerprint density at radius 3 is 2.81 bits per heavy atom. The van der Waals surface area contributed by atoms with E-state index in [-0.39, 0.29) is 11.8 Å². The molecule has 2 aliphatic rings. The third-order valence-electron chi connectivity index (χ3n) is 5.54. The molecule has 1 fully saturated rings. The van der Waals surface area contributed by atoms with Gasteiger partial charge in [0.1, 0.15) is 13.2 Å². The molecule has 160 valence electrons. The Bertz CT molecular complexity index is 1050. The fraction of sp³-hybridized carbons (Fsp3) is 0.348. The van der Waals surface area contributed by atoms with E-state index < -0.39 is 0 Å². The zero-order valence-electron chi connectivity index (χ0n) is 17.1. The van der Waals surface area contributed by atoms with Gasteiger partial charge in [-0.25, -0.2) is 0 Å². The normalized spacial score (nSPS) is 18.5. The number of carbonyl (C=O) groups is 1. The molecule has 1 saturated heterocycles. The lowest BCUT2D eigenvalue weighted by Crippen LogP contribution is -2.40. The van der Waals surface area contributed by atoms with E-state index in [1.807, 2.05) is 48.5 Å². The second-order valence-electron chi connectivity index (χ2n) is 7.80. The first-order valence-corrected chi connectivity index (χ1v) is 10.6. The standard InChI is InChI=1S/C23H24N4O4/c28-23(24-18-8-9-19-20(13-18)30-12-11-29-19)17-7-4-10-27(14-17)15-21-25-22(26-31-21)16-5-2-1-3-6-16/h1-3,5-6,8-9,13,17H,4,7,10-12,14-15H2,(H,24,28). The van der Waals surface area contributed by atoms with Crippen LogP contribution in [0.25, 0.3) is 11.4 Å². The molecule has 0 bridgehead atoms. The van der Waals surface area contributed by atoms with Crippen molar-refractivity contribution in [3.8, 4) is 22.9 Å². The van der Waals surface area contributed by atoms with Crippen LogP contribution in [0.4, 0.5) is 5.69 Å². The second-order valence-corrected chi connectivity index (χ2v) is 7.80. The van der Waals surface area contributed by atoms with Crippen molar-refractivity contribution in [2.45, 2.75) is 19.4 Å². The molecule has 31 heavy (non-hydrogen) atoms. The monoisotopic (exact) mass is 420 g/mol. The summed E-state index contributed by atoms with van der Waals surface area (Å²) in [5, 5.41) is 7.10. The summed E-state index contributed by atoms with van der Waals surface area (Å²) in [7, 11) is 0. The highest BCUT2D eigenvalue weighted by Gasteiger charge is 2.27. The van der Waals surface area contributed by atoms with Gasteiger partial charge in [-0.3, -0.25) is 9.69 Å². The van der Waals surface area contributed by atoms with Crippen molar-refractivity contribution >= 4 is 11.6 Å². The number of nitrogens with one attached hydrogen (secondary N) is 1. The first-order valence-electron chi connectivity index (χ1n) is 10.6. The van der Waals surface area contributed by atoms with E-state index in [0.717, 1.165) is 30.6 Å². The molecule has 1 atom stereocenters. The predicted molar refractivity (Wildman–Crippen MR) is 114 cm³/mol. The van der Waals surface area contributed by atoms with Crippen molar-refractivity contribution in [2.75, 3.05) is 31.6 Å². The molecule has 3 aromatic rings. The molecular weight excluding hydrogens is 396 g/mol. The average Bonchev–Trinajstić information content (AvgIpc) is 3.28. The Morgan fingerprint density at radius 1 is 1.10 bits per heavy atom. The third-order valence-corrected chi connectivity index (χ3v) is 5.54. The van der Waals surface area contributed by atoms with Gasteiger partial charge in [0.2, 0.25) is 17.6 Å². The van der Waals surface area contributed by atoms with E-state index in [0.29, 0.717) is 49.5 Å². The van der Waals surface area contributed by atoms with E-state index in [4.69, 9.17) is 14.0 Å². The largest absolute Gasteiger partial charge is 0.486 e. The number of carbonyl (C=O) groups excluding carboxylic acids is 1. The second kappa shape index (κ2) is 8.77. The summed E-state index contributed by atoms with van der Waals surface area (Å²) in [6.07, 6.45) is 1.80. The lowest BCUT2D eigenvalue weighted by molar-refractivity contribution is -0.121. The van der Waals surface area contributed by atoms with Crippen LogP contribution in [0.2, 0.25) is 0 Å². The van der Waals surface area contributed by atoms with Crippen molar-refractivity contribution in [3.05, 3.63) is 54.4 Å². The highest BCUT2D eigenvalue weighted by molar-refractivity contribution is 5.93. The number of anilines is 1. The van der Waals surface area contributed by atoms with Gasteiger partial charge in [0.15, 0.2) is 11.5 Å². The van der Waals surface area contributed by atoms with Crippen LogP contribution in [-0.4, -0.2) is 47.3 Å². The molecule has 0 spiro atoms. The molecule has 1 aromatic heterocycles. The number of nitrogens with zero attached hydrogens (tertiary/aromatic N) is 3. The van der Waals surface area contributed by atoms with Crippen LogP contribution < -0.4 is 14.8 Å². The summed E-state index contributed by atoms with van der Waals surface area (Å²) in [6, 6.07) is 15.2. The van der Waals surface area contributed by atoms with Crippen molar-refractivity contribution < 1.29 is 18.8 Å². The zero-order chi connectivity index (χ0) is 21.0. The number of likely N-dealkylation sites (tertiary alicyclic amines) is 1. The lowest BCUT2D eigenvalue weighted by atomic mass is 9.97. The Kier molecular flexibility index (Phi) is 5.54. The number of amides is 1. The number of benzene rings is 2. The molecule has 3 heterocycles. The van der Waals surface area contributed by atoms with Crippen LogP contribution in [0.15, 0.2) is 53.1 Å². The Balaban J connectivity index is 1.19. The number of rotatable bonds is 5. The van der Waals surface area contributed by atoms with Gasteiger partial charge in [0.05, 0.1) is 12.5 Å². The number of hydrogen-bond donors (Lipinski definition) is 1. The van der Waals surface area contributed by atoms with E-state index in [1.165, 1.54) is 0 Å². The molecule has 1 N–H and O–H groups in total. The van der Waals surface area contributed by atoms with E-state index in [1.54, 1.807) is 0 Å². The first kappa shape index (κ1) is 19.6. The highest BCUT2D eigenvalue weighted by atomic mass is 16.6. The van der Waals surface area contributed by atoms with Gasteiger partial charge in [-0.05, 0) is 31.5 Å². The van der Waals surface area contributed by atoms with Crippen molar-refractivity contribution in [2.24, 2.45) is 5.92 Å². The van der Waals surface area contributed by atoms with E-state index in [9.17, 15) is 4.79 Å². The van der Waals surface area contributed by atoms with Crippen LogP contribution >= 0.6 is 0 Å². The number of piperidine rings is 1. The van der Waals surface area contributed by atoms with E-state index >= 15 is 0 Å². The fourth-order valence-electron chi connectivity index (χ4n) is 3.99. The molecule has 0 saturated carbocycles. The van der Waals surface area contributed by atoms with Gasteiger partial charge in [-0.15, -0.1) is 0 Å². The maximum absolute atomic E-state index is 12.9. The molecule has 5 rings (SSSR count). The number of aromatic nitrogens is 2. The smallest absolute Gasteiger partial charge is 0.241 e. The minimum absolute atomic E-state index is 0.0110. The summed E-state index contributed by atoms with van der Waals surface area (Å²) < 4.78 is 16.6. The number of ether oxygens (including phenoxy) is 2. The SMILES string of the molecule is O=C(Nc1ccc2c(c1)OCCO2)C1CCCN(Cc2nc(-c3ccccc3)no2)C1. The molecular formula is C23H24N4O4. The molecule has 1 amide bonds. The minimum Gasteiger partial charge on any atom is -0.486 e. The topological polar surface area (TPSA) is 89.7 Å². The van der Waals surface area contributed by atoms with Gasteiger partial charge >= 0.3 is 0 Å². The Morgan fingerprint density at radius 2 is 1.94 bits per heavy atom. The molecule has 2 aliphatic heterocycles. The molecule has 0 aliphatic carbocycles.